The lowest BCUT2D eigenvalue weighted by Crippen LogP contribution is -1.90. The number of hydrogen-bond donors (Lipinski definition) is 0. The molecule has 0 aliphatic rings. The summed E-state index contributed by atoms with van der Waals surface area (Å²) < 4.78 is 24.3. The van der Waals surface area contributed by atoms with Crippen LogP contribution in [-0.4, -0.2) is 0 Å². The predicted octanol–water partition coefficient (Wildman–Crippen LogP) is 2.22. The third-order valence-corrected chi connectivity index (χ3v) is 1.15. The highest BCUT2D eigenvalue weighted by atomic mass is 19.1. The predicted molar refractivity (Wildman–Crippen MR) is 30.9 cm³/mol. The first-order chi connectivity index (χ1) is 4.72. The van der Waals surface area contributed by atoms with Crippen molar-refractivity contribution in [2.24, 2.45) is 0 Å². The molecule has 3 heteroatoms. The highest BCUT2D eigenvalue weighted by molar-refractivity contribution is 5.17. The van der Waals surface area contributed by atoms with Crippen molar-refractivity contribution >= 4 is 0 Å². The van der Waals surface area contributed by atoms with E-state index in [-0.39, 0.29) is 0 Å². The molecule has 53 valence electrons. The molecule has 1 nitrogen and oxygen atoms in total. The summed E-state index contributed by atoms with van der Waals surface area (Å²) >= 11 is 0. The number of halogens is 2. The van der Waals surface area contributed by atoms with E-state index in [2.05, 4.69) is 0 Å². The Balaban J connectivity index is 3.03. The van der Waals surface area contributed by atoms with Gasteiger partial charge in [0, 0.05) is 0 Å². The molecule has 0 aromatic heterocycles. The Labute approximate surface area is 56.9 Å². The Bertz CT molecular complexity index is 223. The van der Waals surface area contributed by atoms with E-state index in [9.17, 15) is 13.9 Å². The monoisotopic (exact) mass is 143 g/mol. The van der Waals surface area contributed by atoms with E-state index in [0.717, 1.165) is 12.1 Å². The first-order valence-electron chi connectivity index (χ1n) is 2.76. The first-order valence-corrected chi connectivity index (χ1v) is 2.76. The SMILES string of the molecule is [O]C(F)c1ccccc1F. The Morgan fingerprint density at radius 1 is 1.30 bits per heavy atom. The molecule has 0 amide bonds. The van der Waals surface area contributed by atoms with Crippen LogP contribution in [0.5, 0.6) is 0 Å². The van der Waals surface area contributed by atoms with Crippen molar-refractivity contribution in [3.63, 3.8) is 0 Å². The Morgan fingerprint density at radius 3 is 2.30 bits per heavy atom. The van der Waals surface area contributed by atoms with E-state index >= 15 is 0 Å². The van der Waals surface area contributed by atoms with Crippen molar-refractivity contribution < 1.29 is 13.9 Å². The fourth-order valence-electron chi connectivity index (χ4n) is 0.659. The van der Waals surface area contributed by atoms with E-state index in [0.29, 0.717) is 0 Å². The molecule has 0 aliphatic carbocycles. The van der Waals surface area contributed by atoms with Gasteiger partial charge in [0.1, 0.15) is 5.82 Å². The van der Waals surface area contributed by atoms with Crippen molar-refractivity contribution in [3.05, 3.63) is 35.6 Å². The molecule has 1 rings (SSSR count). The molecule has 0 saturated heterocycles. The molecule has 1 unspecified atom stereocenters. The first kappa shape index (κ1) is 7.15. The average Bonchev–Trinajstić information content (AvgIpc) is 1.88. The second-order valence-corrected chi connectivity index (χ2v) is 1.84. The molecule has 1 aromatic carbocycles. The summed E-state index contributed by atoms with van der Waals surface area (Å²) in [5.41, 5.74) is -0.428. The molecule has 0 saturated carbocycles. The van der Waals surface area contributed by atoms with Gasteiger partial charge in [0.15, 0.2) is 0 Å². The van der Waals surface area contributed by atoms with Crippen molar-refractivity contribution in [2.75, 3.05) is 0 Å². The molecule has 0 heterocycles. The third kappa shape index (κ3) is 1.30. The van der Waals surface area contributed by atoms with Crippen molar-refractivity contribution in [1.82, 2.24) is 0 Å². The van der Waals surface area contributed by atoms with Crippen LogP contribution in [0.1, 0.15) is 11.9 Å². The van der Waals surface area contributed by atoms with Crippen LogP contribution in [0.15, 0.2) is 24.3 Å². The van der Waals surface area contributed by atoms with Gasteiger partial charge >= 0.3 is 0 Å². The summed E-state index contributed by atoms with van der Waals surface area (Å²) in [4.78, 5) is 0. The van der Waals surface area contributed by atoms with Crippen LogP contribution in [0.25, 0.3) is 0 Å². The van der Waals surface area contributed by atoms with E-state index in [1.807, 2.05) is 0 Å². The van der Waals surface area contributed by atoms with Crippen LogP contribution in [0.2, 0.25) is 0 Å². The molecule has 0 aliphatic heterocycles. The number of benzene rings is 1. The second kappa shape index (κ2) is 2.75. The van der Waals surface area contributed by atoms with Crippen molar-refractivity contribution in [1.29, 1.82) is 0 Å². The van der Waals surface area contributed by atoms with Crippen molar-refractivity contribution in [3.8, 4) is 0 Å². The molecule has 0 fully saturated rings. The van der Waals surface area contributed by atoms with Gasteiger partial charge in [0.25, 0.3) is 6.36 Å². The summed E-state index contributed by atoms with van der Waals surface area (Å²) in [6, 6.07) is 5.01. The van der Waals surface area contributed by atoms with Crippen LogP contribution >= 0.6 is 0 Å². The topological polar surface area (TPSA) is 19.9 Å². The molecule has 1 aromatic rings. The van der Waals surface area contributed by atoms with E-state index in [1.165, 1.54) is 12.1 Å². The summed E-state index contributed by atoms with van der Waals surface area (Å²) in [6.45, 7) is 0. The molecule has 10 heavy (non-hydrogen) atoms. The number of hydrogen-bond acceptors (Lipinski definition) is 0. The average molecular weight is 143 g/mol. The second-order valence-electron chi connectivity index (χ2n) is 1.84. The Kier molecular flexibility index (Phi) is 1.97. The summed E-state index contributed by atoms with van der Waals surface area (Å²) in [6.07, 6.45) is -2.47. The minimum atomic E-state index is -2.47. The van der Waals surface area contributed by atoms with E-state index < -0.39 is 17.7 Å². The zero-order chi connectivity index (χ0) is 7.56. The highest BCUT2D eigenvalue weighted by Crippen LogP contribution is 2.17. The van der Waals surface area contributed by atoms with Crippen LogP contribution in [0.4, 0.5) is 8.78 Å². The number of alkyl halides is 1. The molecule has 1 atom stereocenters. The van der Waals surface area contributed by atoms with E-state index in [1.54, 1.807) is 0 Å². The molecule has 0 bridgehead atoms. The highest BCUT2D eigenvalue weighted by Gasteiger charge is 2.10. The van der Waals surface area contributed by atoms with Gasteiger partial charge < -0.3 is 0 Å². The normalized spacial score (nSPS) is 13.1. The van der Waals surface area contributed by atoms with Gasteiger partial charge in [-0.15, -0.1) is 0 Å². The standard InChI is InChI=1S/C7H5F2O/c8-6-4-2-1-3-5(6)7(9)10/h1-4,7H. The van der Waals surface area contributed by atoms with Gasteiger partial charge in [-0.1, -0.05) is 18.2 Å². The van der Waals surface area contributed by atoms with Gasteiger partial charge in [0.2, 0.25) is 0 Å². The van der Waals surface area contributed by atoms with Crippen LogP contribution in [0.3, 0.4) is 0 Å². The van der Waals surface area contributed by atoms with Crippen molar-refractivity contribution in [2.45, 2.75) is 6.36 Å². The minimum Gasteiger partial charge on any atom is -0.207 e. The van der Waals surface area contributed by atoms with Crippen LogP contribution in [0, 0.1) is 5.82 Å². The maximum Gasteiger partial charge on any atom is 0.259 e. The largest absolute Gasteiger partial charge is 0.259 e. The molecule has 0 spiro atoms. The Morgan fingerprint density at radius 2 is 1.90 bits per heavy atom. The lowest BCUT2D eigenvalue weighted by molar-refractivity contribution is -0.0272. The molecular formula is C7H5F2O. The van der Waals surface area contributed by atoms with Crippen LogP contribution in [-0.2, 0) is 5.11 Å². The lowest BCUT2D eigenvalue weighted by Gasteiger charge is -1.98. The lowest BCUT2D eigenvalue weighted by atomic mass is 10.2. The third-order valence-electron chi connectivity index (χ3n) is 1.15. The fourth-order valence-corrected chi connectivity index (χ4v) is 0.659. The van der Waals surface area contributed by atoms with Crippen LogP contribution < -0.4 is 0 Å². The maximum absolute atomic E-state index is 12.4. The molecular weight excluding hydrogens is 138 g/mol. The van der Waals surface area contributed by atoms with Gasteiger partial charge in [-0.3, -0.25) is 0 Å². The molecule has 1 radical (unpaired) electrons. The molecule has 0 N–H and O–H groups in total. The van der Waals surface area contributed by atoms with Gasteiger partial charge in [-0.2, -0.15) is 5.11 Å². The van der Waals surface area contributed by atoms with E-state index in [4.69, 9.17) is 0 Å². The zero-order valence-electron chi connectivity index (χ0n) is 5.05. The number of rotatable bonds is 1. The summed E-state index contributed by atoms with van der Waals surface area (Å²) in [5.74, 6) is -0.787. The minimum absolute atomic E-state index is 0.428. The van der Waals surface area contributed by atoms with Gasteiger partial charge in [-0.25, -0.2) is 8.78 Å². The fraction of sp³-hybridized carbons (Fsp3) is 0.143. The maximum atomic E-state index is 12.4. The quantitative estimate of drug-likeness (QED) is 0.574. The van der Waals surface area contributed by atoms with Gasteiger partial charge in [-0.05, 0) is 6.07 Å². The smallest absolute Gasteiger partial charge is 0.207 e. The summed E-state index contributed by atoms with van der Waals surface area (Å²) in [7, 11) is 0. The summed E-state index contributed by atoms with van der Waals surface area (Å²) in [5, 5.41) is 10.0. The van der Waals surface area contributed by atoms with Gasteiger partial charge in [0.05, 0.1) is 5.56 Å². The Hall–Kier alpha value is -0.960. The zero-order valence-corrected chi connectivity index (χ0v) is 5.05.